The third kappa shape index (κ3) is 3.54. The van der Waals surface area contributed by atoms with Gasteiger partial charge in [-0.15, -0.1) is 0 Å². The predicted molar refractivity (Wildman–Crippen MR) is 79.5 cm³/mol. The van der Waals surface area contributed by atoms with Gasteiger partial charge in [-0.05, 0) is 48.1 Å². The zero-order valence-electron chi connectivity index (χ0n) is 11.6. The fourth-order valence-electron chi connectivity index (χ4n) is 2.31. The summed E-state index contributed by atoms with van der Waals surface area (Å²) in [6.07, 6.45) is 2.72. The van der Waals surface area contributed by atoms with Crippen LogP contribution >= 0.6 is 11.6 Å². The van der Waals surface area contributed by atoms with Gasteiger partial charge in [-0.2, -0.15) is 0 Å². The number of hydrogen-bond donors (Lipinski definition) is 0. The van der Waals surface area contributed by atoms with Crippen LogP contribution < -0.4 is 0 Å². The first-order valence-electron chi connectivity index (χ1n) is 6.61. The summed E-state index contributed by atoms with van der Waals surface area (Å²) in [5.41, 5.74) is 3.72. The van der Waals surface area contributed by atoms with Crippen molar-refractivity contribution >= 4 is 11.6 Å². The Hall–Kier alpha value is -1.41. The molecule has 1 atom stereocenters. The molecule has 0 spiro atoms. The molecule has 0 N–H and O–H groups in total. The molecule has 0 aliphatic heterocycles. The monoisotopic (exact) mass is 274 g/mol. The Morgan fingerprint density at radius 1 is 1.16 bits per heavy atom. The fourth-order valence-corrected chi connectivity index (χ4v) is 2.47. The topological polar surface area (TPSA) is 25.8 Å². The summed E-state index contributed by atoms with van der Waals surface area (Å²) in [7, 11) is 0. The van der Waals surface area contributed by atoms with E-state index in [1.54, 1.807) is 6.20 Å². The Balaban J connectivity index is 2.29. The van der Waals surface area contributed by atoms with E-state index < -0.39 is 0 Å². The van der Waals surface area contributed by atoms with Crippen LogP contribution in [0.4, 0.5) is 0 Å². The maximum absolute atomic E-state index is 5.91. The van der Waals surface area contributed by atoms with Crippen molar-refractivity contribution in [3.8, 4) is 0 Å². The number of benzene rings is 1. The molecule has 0 aliphatic carbocycles. The van der Waals surface area contributed by atoms with Crippen LogP contribution in [0.25, 0.3) is 0 Å². The molecule has 0 aliphatic rings. The van der Waals surface area contributed by atoms with Crippen LogP contribution in [0.2, 0.25) is 5.28 Å². The minimum atomic E-state index is 0.327. The maximum Gasteiger partial charge on any atom is 0.222 e. The van der Waals surface area contributed by atoms with Crippen molar-refractivity contribution in [2.24, 2.45) is 5.92 Å². The van der Waals surface area contributed by atoms with Gasteiger partial charge in [-0.1, -0.05) is 38.1 Å². The highest BCUT2D eigenvalue weighted by molar-refractivity contribution is 6.28. The molecule has 0 fully saturated rings. The molecular weight excluding hydrogens is 256 g/mol. The molecule has 0 bridgehead atoms. The highest BCUT2D eigenvalue weighted by Crippen LogP contribution is 2.28. The average molecular weight is 275 g/mol. The van der Waals surface area contributed by atoms with E-state index in [1.165, 1.54) is 11.1 Å². The summed E-state index contributed by atoms with van der Waals surface area (Å²) >= 11 is 5.91. The third-order valence-electron chi connectivity index (χ3n) is 3.53. The lowest BCUT2D eigenvalue weighted by molar-refractivity contribution is 0.483. The number of hydrogen-bond acceptors (Lipinski definition) is 2. The van der Waals surface area contributed by atoms with E-state index in [2.05, 4.69) is 55.0 Å². The summed E-state index contributed by atoms with van der Waals surface area (Å²) in [5, 5.41) is 0.327. The zero-order valence-corrected chi connectivity index (χ0v) is 12.4. The Morgan fingerprint density at radius 2 is 1.89 bits per heavy atom. The van der Waals surface area contributed by atoms with Crippen LogP contribution in [0, 0.1) is 12.8 Å². The molecule has 19 heavy (non-hydrogen) atoms. The van der Waals surface area contributed by atoms with Crippen LogP contribution in [0.5, 0.6) is 0 Å². The lowest BCUT2D eigenvalue weighted by Gasteiger charge is -2.21. The van der Waals surface area contributed by atoms with Crippen molar-refractivity contribution in [2.45, 2.75) is 33.1 Å². The smallest absolute Gasteiger partial charge is 0.222 e. The molecule has 1 aromatic heterocycles. The van der Waals surface area contributed by atoms with Crippen molar-refractivity contribution in [1.82, 2.24) is 9.97 Å². The SMILES string of the molecule is Cc1ccccc1CC(c1ccnc(Cl)n1)C(C)C. The molecule has 3 heteroatoms. The maximum atomic E-state index is 5.91. The first-order valence-corrected chi connectivity index (χ1v) is 6.98. The van der Waals surface area contributed by atoms with Crippen LogP contribution in [0.1, 0.15) is 36.6 Å². The van der Waals surface area contributed by atoms with Gasteiger partial charge in [-0.25, -0.2) is 9.97 Å². The largest absolute Gasteiger partial charge is 0.227 e. The second-order valence-electron chi connectivity index (χ2n) is 5.23. The minimum absolute atomic E-state index is 0.327. The van der Waals surface area contributed by atoms with Crippen LogP contribution in [-0.2, 0) is 6.42 Å². The molecule has 0 saturated heterocycles. The highest BCUT2D eigenvalue weighted by atomic mass is 35.5. The Bertz CT molecular complexity index is 552. The third-order valence-corrected chi connectivity index (χ3v) is 3.72. The van der Waals surface area contributed by atoms with E-state index in [0.717, 1.165) is 12.1 Å². The van der Waals surface area contributed by atoms with E-state index in [-0.39, 0.29) is 0 Å². The van der Waals surface area contributed by atoms with Crippen molar-refractivity contribution in [3.05, 3.63) is 58.6 Å². The number of rotatable bonds is 4. The van der Waals surface area contributed by atoms with Gasteiger partial charge in [0.1, 0.15) is 0 Å². The second kappa shape index (κ2) is 6.16. The molecular formula is C16H19ClN2. The molecule has 100 valence electrons. The highest BCUT2D eigenvalue weighted by Gasteiger charge is 2.19. The number of aryl methyl sites for hydroxylation is 1. The molecule has 1 aromatic carbocycles. The Morgan fingerprint density at radius 3 is 2.53 bits per heavy atom. The van der Waals surface area contributed by atoms with E-state index >= 15 is 0 Å². The van der Waals surface area contributed by atoms with Crippen molar-refractivity contribution in [1.29, 1.82) is 0 Å². The minimum Gasteiger partial charge on any atom is -0.227 e. The lowest BCUT2D eigenvalue weighted by Crippen LogP contribution is -2.13. The first-order chi connectivity index (χ1) is 9.08. The second-order valence-corrected chi connectivity index (χ2v) is 5.57. The van der Waals surface area contributed by atoms with Gasteiger partial charge in [0.25, 0.3) is 0 Å². The van der Waals surface area contributed by atoms with Crippen LogP contribution in [-0.4, -0.2) is 9.97 Å². The normalized spacial score (nSPS) is 12.7. The molecule has 2 nitrogen and oxygen atoms in total. The average Bonchev–Trinajstić information content (AvgIpc) is 2.37. The van der Waals surface area contributed by atoms with Gasteiger partial charge in [0, 0.05) is 17.8 Å². The summed E-state index contributed by atoms with van der Waals surface area (Å²) in [5.74, 6) is 0.868. The van der Waals surface area contributed by atoms with Crippen LogP contribution in [0.15, 0.2) is 36.5 Å². The number of aromatic nitrogens is 2. The predicted octanol–water partition coefficient (Wildman–Crippen LogP) is 4.42. The molecule has 2 rings (SSSR count). The van der Waals surface area contributed by atoms with Crippen molar-refractivity contribution in [2.75, 3.05) is 0 Å². The van der Waals surface area contributed by atoms with Crippen molar-refractivity contribution in [3.63, 3.8) is 0 Å². The molecule has 1 unspecified atom stereocenters. The Labute approximate surface area is 119 Å². The number of halogens is 1. The summed E-state index contributed by atoms with van der Waals surface area (Å²) in [6, 6.07) is 10.5. The van der Waals surface area contributed by atoms with E-state index in [1.807, 2.05) is 6.07 Å². The van der Waals surface area contributed by atoms with Gasteiger partial charge < -0.3 is 0 Å². The Kier molecular flexibility index (Phi) is 4.54. The molecule has 0 radical (unpaired) electrons. The fraction of sp³-hybridized carbons (Fsp3) is 0.375. The van der Waals surface area contributed by atoms with Crippen LogP contribution in [0.3, 0.4) is 0 Å². The zero-order chi connectivity index (χ0) is 13.8. The summed E-state index contributed by atoms with van der Waals surface area (Å²) in [6.45, 7) is 6.59. The molecule has 1 heterocycles. The van der Waals surface area contributed by atoms with Gasteiger partial charge >= 0.3 is 0 Å². The standard InChI is InChI=1S/C16H19ClN2/c1-11(2)14(15-8-9-18-16(17)19-15)10-13-7-5-4-6-12(13)3/h4-9,11,14H,10H2,1-3H3. The lowest BCUT2D eigenvalue weighted by atomic mass is 9.85. The van der Waals surface area contributed by atoms with Gasteiger partial charge in [0.15, 0.2) is 0 Å². The van der Waals surface area contributed by atoms with E-state index in [0.29, 0.717) is 17.1 Å². The number of nitrogens with zero attached hydrogens (tertiary/aromatic N) is 2. The summed E-state index contributed by atoms with van der Waals surface area (Å²) in [4.78, 5) is 8.34. The van der Waals surface area contributed by atoms with Gasteiger partial charge in [0.05, 0.1) is 0 Å². The first kappa shape index (κ1) is 14.0. The van der Waals surface area contributed by atoms with Gasteiger partial charge in [0.2, 0.25) is 5.28 Å². The molecule has 2 aromatic rings. The van der Waals surface area contributed by atoms with Crippen molar-refractivity contribution < 1.29 is 0 Å². The van der Waals surface area contributed by atoms with Gasteiger partial charge in [-0.3, -0.25) is 0 Å². The van der Waals surface area contributed by atoms with E-state index in [4.69, 9.17) is 11.6 Å². The summed E-state index contributed by atoms with van der Waals surface area (Å²) < 4.78 is 0. The molecule has 0 saturated carbocycles. The van der Waals surface area contributed by atoms with E-state index in [9.17, 15) is 0 Å². The quantitative estimate of drug-likeness (QED) is 0.771. The molecule has 0 amide bonds.